The van der Waals surface area contributed by atoms with Gasteiger partial charge in [0.25, 0.3) is 9.05 Å². The van der Waals surface area contributed by atoms with Gasteiger partial charge in [-0.15, -0.1) is 0 Å². The first-order valence-corrected chi connectivity index (χ1v) is 5.95. The first-order valence-electron chi connectivity index (χ1n) is 3.64. The fourth-order valence-electron chi connectivity index (χ4n) is 1.15. The van der Waals surface area contributed by atoms with Gasteiger partial charge in [0.1, 0.15) is 0 Å². The van der Waals surface area contributed by atoms with Crippen molar-refractivity contribution in [3.05, 3.63) is 12.4 Å². The van der Waals surface area contributed by atoms with Gasteiger partial charge in [-0.25, -0.2) is 13.4 Å². The van der Waals surface area contributed by atoms with Crippen molar-refractivity contribution in [2.45, 2.75) is 11.2 Å². The standard InChI is InChI=1S/C6H7ClN2O3S/c7-13(10,11)6-8-1-2-9(6)5-3-12-4-5/h1-2,5H,3-4H2. The van der Waals surface area contributed by atoms with E-state index in [4.69, 9.17) is 15.4 Å². The Kier molecular flexibility index (Phi) is 2.05. The number of halogens is 1. The maximum atomic E-state index is 11.0. The molecule has 1 saturated heterocycles. The maximum absolute atomic E-state index is 11.0. The van der Waals surface area contributed by atoms with Crippen molar-refractivity contribution in [1.29, 1.82) is 0 Å². The minimum atomic E-state index is -3.74. The van der Waals surface area contributed by atoms with Crippen LogP contribution in [0.1, 0.15) is 6.04 Å². The quantitative estimate of drug-likeness (QED) is 0.679. The molecule has 1 aromatic heterocycles. The van der Waals surface area contributed by atoms with Gasteiger partial charge >= 0.3 is 0 Å². The van der Waals surface area contributed by atoms with Gasteiger partial charge in [-0.3, -0.25) is 0 Å². The van der Waals surface area contributed by atoms with E-state index in [2.05, 4.69) is 4.98 Å². The van der Waals surface area contributed by atoms with Crippen molar-refractivity contribution in [1.82, 2.24) is 9.55 Å². The molecule has 0 spiro atoms. The summed E-state index contributed by atoms with van der Waals surface area (Å²) in [5, 5.41) is -0.109. The predicted octanol–water partition coefficient (Wildman–Crippen LogP) is 0.382. The predicted molar refractivity (Wildman–Crippen MR) is 45.1 cm³/mol. The van der Waals surface area contributed by atoms with Crippen LogP contribution in [0.5, 0.6) is 0 Å². The van der Waals surface area contributed by atoms with E-state index >= 15 is 0 Å². The van der Waals surface area contributed by atoms with Crippen molar-refractivity contribution in [3.63, 3.8) is 0 Å². The molecule has 1 aliphatic heterocycles. The van der Waals surface area contributed by atoms with Crippen molar-refractivity contribution in [2.75, 3.05) is 13.2 Å². The lowest BCUT2D eigenvalue weighted by atomic mass is 10.3. The van der Waals surface area contributed by atoms with Gasteiger partial charge in [-0.2, -0.15) is 0 Å². The summed E-state index contributed by atoms with van der Waals surface area (Å²) in [6.45, 7) is 1.02. The third-order valence-electron chi connectivity index (χ3n) is 1.87. The van der Waals surface area contributed by atoms with Crippen LogP contribution in [0, 0.1) is 0 Å². The molecule has 7 heteroatoms. The second-order valence-electron chi connectivity index (χ2n) is 2.75. The lowest BCUT2D eigenvalue weighted by Gasteiger charge is -2.27. The minimum absolute atomic E-state index is 0.0472. The van der Waals surface area contributed by atoms with E-state index in [0.717, 1.165) is 0 Å². The molecule has 1 aromatic rings. The summed E-state index contributed by atoms with van der Waals surface area (Å²) in [7, 11) is 1.44. The highest BCUT2D eigenvalue weighted by molar-refractivity contribution is 8.13. The molecule has 72 valence electrons. The molecule has 0 amide bonds. The number of nitrogens with zero attached hydrogens (tertiary/aromatic N) is 2. The maximum Gasteiger partial charge on any atom is 0.295 e. The van der Waals surface area contributed by atoms with Gasteiger partial charge in [-0.1, -0.05) is 0 Å². The third kappa shape index (κ3) is 1.56. The number of ether oxygens (including phenoxy) is 1. The number of imidazole rings is 1. The van der Waals surface area contributed by atoms with Gasteiger partial charge in [0.2, 0.25) is 5.16 Å². The van der Waals surface area contributed by atoms with E-state index in [0.29, 0.717) is 13.2 Å². The molecule has 0 unspecified atom stereocenters. The van der Waals surface area contributed by atoms with Crippen LogP contribution in [0.3, 0.4) is 0 Å². The Morgan fingerprint density at radius 3 is 2.77 bits per heavy atom. The van der Waals surface area contributed by atoms with Crippen LogP contribution in [-0.4, -0.2) is 31.2 Å². The number of hydrogen-bond donors (Lipinski definition) is 0. The molecule has 0 aliphatic carbocycles. The van der Waals surface area contributed by atoms with Gasteiger partial charge in [-0.05, 0) is 0 Å². The van der Waals surface area contributed by atoms with Gasteiger partial charge < -0.3 is 9.30 Å². The minimum Gasteiger partial charge on any atom is -0.377 e. The molecule has 0 N–H and O–H groups in total. The van der Waals surface area contributed by atoms with Crippen LogP contribution in [0.4, 0.5) is 0 Å². The normalized spacial score (nSPS) is 18.5. The second-order valence-corrected chi connectivity index (χ2v) is 5.21. The highest BCUT2D eigenvalue weighted by atomic mass is 35.7. The molecule has 1 fully saturated rings. The van der Waals surface area contributed by atoms with Crippen LogP contribution in [-0.2, 0) is 13.8 Å². The van der Waals surface area contributed by atoms with E-state index in [1.54, 1.807) is 6.20 Å². The lowest BCUT2D eigenvalue weighted by Crippen LogP contribution is -2.31. The first kappa shape index (κ1) is 8.98. The third-order valence-corrected chi connectivity index (χ3v) is 3.03. The molecule has 13 heavy (non-hydrogen) atoms. The summed E-state index contributed by atoms with van der Waals surface area (Å²) in [5.74, 6) is 0. The summed E-state index contributed by atoms with van der Waals surface area (Å²) in [6.07, 6.45) is 3.00. The Hall–Kier alpha value is -0.590. The average molecular weight is 223 g/mol. The smallest absolute Gasteiger partial charge is 0.295 e. The molecule has 0 saturated carbocycles. The first-order chi connectivity index (χ1) is 6.09. The van der Waals surface area contributed by atoms with E-state index in [1.807, 2.05) is 0 Å². The van der Waals surface area contributed by atoms with Crippen molar-refractivity contribution < 1.29 is 13.2 Å². The fourth-order valence-corrected chi connectivity index (χ4v) is 2.16. The molecular weight excluding hydrogens is 216 g/mol. The number of hydrogen-bond acceptors (Lipinski definition) is 4. The molecule has 1 aliphatic rings. The average Bonchev–Trinajstić information content (AvgIpc) is 2.29. The van der Waals surface area contributed by atoms with Crippen molar-refractivity contribution in [2.24, 2.45) is 0 Å². The summed E-state index contributed by atoms with van der Waals surface area (Å²) in [4.78, 5) is 3.68. The van der Waals surface area contributed by atoms with E-state index in [1.165, 1.54) is 10.8 Å². The molecule has 2 heterocycles. The Balaban J connectivity index is 2.41. The Morgan fingerprint density at radius 2 is 2.31 bits per heavy atom. The highest BCUT2D eigenvalue weighted by Gasteiger charge is 2.27. The fraction of sp³-hybridized carbons (Fsp3) is 0.500. The van der Waals surface area contributed by atoms with Crippen LogP contribution < -0.4 is 0 Å². The van der Waals surface area contributed by atoms with Gasteiger partial charge in [0.15, 0.2) is 0 Å². The van der Waals surface area contributed by atoms with E-state index in [-0.39, 0.29) is 11.2 Å². The monoisotopic (exact) mass is 222 g/mol. The van der Waals surface area contributed by atoms with Crippen molar-refractivity contribution in [3.8, 4) is 0 Å². The molecule has 0 atom stereocenters. The van der Waals surface area contributed by atoms with Crippen molar-refractivity contribution >= 4 is 19.7 Å². The largest absolute Gasteiger partial charge is 0.377 e. The molecule has 0 radical (unpaired) electrons. The summed E-state index contributed by atoms with van der Waals surface area (Å²) >= 11 is 0. The number of aromatic nitrogens is 2. The number of rotatable bonds is 2. The van der Waals surface area contributed by atoms with Gasteiger partial charge in [0, 0.05) is 23.1 Å². The summed E-state index contributed by atoms with van der Waals surface area (Å²) < 4.78 is 28.5. The molecule has 0 bridgehead atoms. The van der Waals surface area contributed by atoms with Gasteiger partial charge in [0.05, 0.1) is 19.3 Å². The summed E-state index contributed by atoms with van der Waals surface area (Å²) in [6, 6.07) is 0.0472. The molecule has 5 nitrogen and oxygen atoms in total. The molecular formula is C6H7ClN2O3S. The Labute approximate surface area is 79.7 Å². The van der Waals surface area contributed by atoms with Crippen LogP contribution >= 0.6 is 10.7 Å². The highest BCUT2D eigenvalue weighted by Crippen LogP contribution is 2.22. The molecule has 0 aromatic carbocycles. The van der Waals surface area contributed by atoms with Crippen LogP contribution in [0.2, 0.25) is 0 Å². The zero-order valence-corrected chi connectivity index (χ0v) is 8.12. The van der Waals surface area contributed by atoms with Crippen LogP contribution in [0.15, 0.2) is 17.6 Å². The zero-order chi connectivity index (χ0) is 9.47. The Morgan fingerprint density at radius 1 is 1.62 bits per heavy atom. The SMILES string of the molecule is O=S(=O)(Cl)c1nccn1C1COC1. The second kappa shape index (κ2) is 2.97. The summed E-state index contributed by atoms with van der Waals surface area (Å²) in [5.41, 5.74) is 0. The zero-order valence-electron chi connectivity index (χ0n) is 6.55. The lowest BCUT2D eigenvalue weighted by molar-refractivity contribution is -0.0270. The molecule has 2 rings (SSSR count). The van der Waals surface area contributed by atoms with E-state index in [9.17, 15) is 8.42 Å². The Bertz CT molecular complexity index is 409. The van der Waals surface area contributed by atoms with E-state index < -0.39 is 9.05 Å². The topological polar surface area (TPSA) is 61.2 Å². The van der Waals surface area contributed by atoms with Crippen LogP contribution in [0.25, 0.3) is 0 Å².